The summed E-state index contributed by atoms with van der Waals surface area (Å²) in [6, 6.07) is 3.52. The fraction of sp³-hybridized carbons (Fsp3) is 0.409. The maximum atomic E-state index is 14.8. The molecule has 1 heterocycles. The second-order valence-corrected chi connectivity index (χ2v) is 8.56. The van der Waals surface area contributed by atoms with E-state index in [4.69, 9.17) is 0 Å². The van der Waals surface area contributed by atoms with Gasteiger partial charge in [0.2, 0.25) is 0 Å². The Hall–Kier alpha value is -2.77. The number of hydrogen-bond acceptors (Lipinski definition) is 3. The second-order valence-electron chi connectivity index (χ2n) is 8.56. The minimum atomic E-state index is -1.44. The summed E-state index contributed by atoms with van der Waals surface area (Å²) in [7, 11) is 0. The van der Waals surface area contributed by atoms with Gasteiger partial charge < -0.3 is 0 Å². The highest BCUT2D eigenvalue weighted by Gasteiger charge is 2.65. The molecule has 2 unspecified atom stereocenters. The molecule has 158 valence electrons. The molecule has 0 spiro atoms. The zero-order chi connectivity index (χ0) is 21.8. The molecule has 4 atom stereocenters. The van der Waals surface area contributed by atoms with Crippen LogP contribution in [-0.4, -0.2) is 10.8 Å². The highest BCUT2D eigenvalue weighted by atomic mass is 19.1. The van der Waals surface area contributed by atoms with Gasteiger partial charge in [0, 0.05) is 11.1 Å². The van der Waals surface area contributed by atoms with Crippen molar-refractivity contribution in [1.82, 2.24) is 5.01 Å². The Labute approximate surface area is 170 Å². The molecule has 4 nitrogen and oxygen atoms in total. The van der Waals surface area contributed by atoms with Gasteiger partial charge in [-0.2, -0.15) is 0 Å². The summed E-state index contributed by atoms with van der Waals surface area (Å²) in [5.41, 5.74) is -3.72. The fourth-order valence-electron chi connectivity index (χ4n) is 5.50. The highest BCUT2D eigenvalue weighted by Crippen LogP contribution is 2.64. The Kier molecular flexibility index (Phi) is 4.71. The van der Waals surface area contributed by atoms with Crippen LogP contribution in [0.5, 0.6) is 0 Å². The van der Waals surface area contributed by atoms with Crippen molar-refractivity contribution in [2.24, 2.45) is 16.1 Å². The first-order valence-electron chi connectivity index (χ1n) is 9.71. The molecule has 1 saturated carbocycles. The van der Waals surface area contributed by atoms with E-state index in [0.717, 1.165) is 29.3 Å². The molecule has 30 heavy (non-hydrogen) atoms. The Morgan fingerprint density at radius 1 is 0.833 bits per heavy atom. The lowest BCUT2D eigenvalue weighted by molar-refractivity contribution is -0.172. The maximum absolute atomic E-state index is 14.8. The Bertz CT molecular complexity index is 930. The molecule has 0 N–H and O–H groups in total. The van der Waals surface area contributed by atoms with Crippen LogP contribution in [0.3, 0.4) is 0 Å². The Morgan fingerprint density at radius 2 is 1.20 bits per heavy atom. The van der Waals surface area contributed by atoms with E-state index in [2.05, 4.69) is 5.29 Å². The number of Topliss-reactive ketones (excluding diaryl/α,β-unsaturated/α-hetero) is 1. The van der Waals surface area contributed by atoms with Crippen molar-refractivity contribution < 1.29 is 22.4 Å². The summed E-state index contributed by atoms with van der Waals surface area (Å²) in [4.78, 5) is 25.7. The summed E-state index contributed by atoms with van der Waals surface area (Å²) in [5, 5.41) is 3.79. The van der Waals surface area contributed by atoms with Crippen molar-refractivity contribution in [2.75, 3.05) is 0 Å². The van der Waals surface area contributed by atoms with Crippen LogP contribution in [0, 0.1) is 39.0 Å². The number of rotatable bonds is 3. The van der Waals surface area contributed by atoms with Gasteiger partial charge in [0.1, 0.15) is 29.1 Å². The van der Waals surface area contributed by atoms with Gasteiger partial charge in [-0.1, -0.05) is 32.4 Å². The lowest BCUT2D eigenvalue weighted by Gasteiger charge is -2.58. The molecule has 1 aliphatic heterocycles. The van der Waals surface area contributed by atoms with E-state index in [1.165, 1.54) is 26.0 Å². The van der Waals surface area contributed by atoms with Gasteiger partial charge >= 0.3 is 0 Å². The number of carbonyl (C=O) groups excluding carboxylic acids is 1. The fourth-order valence-corrected chi connectivity index (χ4v) is 5.50. The van der Waals surface area contributed by atoms with Gasteiger partial charge in [-0.25, -0.2) is 22.6 Å². The molecule has 8 heteroatoms. The molecule has 1 saturated heterocycles. The van der Waals surface area contributed by atoms with Crippen LogP contribution in [0.4, 0.5) is 17.6 Å². The molecule has 4 rings (SSSR count). The topological polar surface area (TPSA) is 49.7 Å². The average molecular weight is 420 g/mol. The van der Waals surface area contributed by atoms with E-state index in [-0.39, 0.29) is 18.6 Å². The van der Waals surface area contributed by atoms with Crippen molar-refractivity contribution in [3.05, 3.63) is 75.7 Å². The van der Waals surface area contributed by atoms with Gasteiger partial charge in [-0.05, 0) is 37.1 Å². The summed E-state index contributed by atoms with van der Waals surface area (Å²) in [6.07, 6.45) is 1.02. The number of nitrogens with zero attached hydrogens (tertiary/aromatic N) is 2. The first kappa shape index (κ1) is 20.5. The lowest BCUT2D eigenvalue weighted by atomic mass is 9.52. The van der Waals surface area contributed by atoms with E-state index in [0.29, 0.717) is 6.42 Å². The third kappa shape index (κ3) is 2.62. The number of hydrogen-bond donors (Lipinski definition) is 0. The highest BCUT2D eigenvalue weighted by molar-refractivity contribution is 5.93. The number of fused-ring (bicyclic) bond motifs is 2. The molecular weight excluding hydrogens is 400 g/mol. The quantitative estimate of drug-likeness (QED) is 0.467. The van der Waals surface area contributed by atoms with Gasteiger partial charge in [0.15, 0.2) is 0 Å². The molecule has 1 aliphatic carbocycles. The maximum Gasteiger partial charge on any atom is 0.149 e. The van der Waals surface area contributed by atoms with E-state index in [1.807, 2.05) is 0 Å². The minimum Gasteiger partial charge on any atom is -0.298 e. The number of nitroso groups, excluding NO2 is 1. The van der Waals surface area contributed by atoms with Gasteiger partial charge in [0.25, 0.3) is 0 Å². The normalized spacial score (nSPS) is 31.0. The van der Waals surface area contributed by atoms with Crippen LogP contribution in [-0.2, 0) is 4.79 Å². The number of piperidine rings is 1. The molecule has 2 aliphatic rings. The van der Waals surface area contributed by atoms with Crippen LogP contribution < -0.4 is 0 Å². The minimum absolute atomic E-state index is 0.262. The van der Waals surface area contributed by atoms with Crippen LogP contribution in [0.2, 0.25) is 0 Å². The molecule has 0 radical (unpaired) electrons. The van der Waals surface area contributed by atoms with Gasteiger partial charge in [-0.3, -0.25) is 4.79 Å². The summed E-state index contributed by atoms with van der Waals surface area (Å²) in [6.45, 7) is 3.07. The molecule has 0 aromatic heterocycles. The van der Waals surface area contributed by atoms with Crippen molar-refractivity contribution in [3.8, 4) is 0 Å². The van der Waals surface area contributed by atoms with Crippen molar-refractivity contribution in [2.45, 2.75) is 45.2 Å². The van der Waals surface area contributed by atoms with E-state index in [9.17, 15) is 27.3 Å². The molecule has 2 bridgehead atoms. The average Bonchev–Trinajstić information content (AvgIpc) is 2.68. The SMILES string of the molecule is C[C@]12CCC[C@](C)(C1=O)C(c1c(F)cccc1F)N(N=O)C2c1c(F)cccc1F. The van der Waals surface area contributed by atoms with Crippen molar-refractivity contribution in [3.63, 3.8) is 0 Å². The third-order valence-electron chi connectivity index (χ3n) is 6.81. The molecule has 2 aromatic carbocycles. The molecular formula is C22H20F4N2O2. The number of benzene rings is 2. The first-order valence-corrected chi connectivity index (χ1v) is 9.71. The standard InChI is InChI=1S/C22H20F4N2O2/c1-21-10-5-11-22(2,20(21)29)19(17-14(25)8-4-9-15(17)26)28(27-30)18(21)16-12(23)6-3-7-13(16)24/h3-4,6-9,18-19H,5,10-11H2,1-2H3/t18?,19?,21-,22+. The van der Waals surface area contributed by atoms with Crippen LogP contribution in [0.25, 0.3) is 0 Å². The predicted molar refractivity (Wildman–Crippen MR) is 101 cm³/mol. The Morgan fingerprint density at radius 3 is 1.53 bits per heavy atom. The molecule has 2 fully saturated rings. The molecule has 2 aromatic rings. The summed E-state index contributed by atoms with van der Waals surface area (Å²) >= 11 is 0. The van der Waals surface area contributed by atoms with Crippen LogP contribution in [0.1, 0.15) is 56.3 Å². The van der Waals surface area contributed by atoms with Crippen molar-refractivity contribution in [1.29, 1.82) is 0 Å². The largest absolute Gasteiger partial charge is 0.298 e. The number of carbonyl (C=O) groups is 1. The lowest BCUT2D eigenvalue weighted by Crippen LogP contribution is -2.61. The van der Waals surface area contributed by atoms with Crippen molar-refractivity contribution >= 4 is 5.78 Å². The van der Waals surface area contributed by atoms with Gasteiger partial charge in [-0.15, -0.1) is 4.91 Å². The summed E-state index contributed by atoms with van der Waals surface area (Å²) < 4.78 is 59.1. The third-order valence-corrected chi connectivity index (χ3v) is 6.81. The second kappa shape index (κ2) is 6.89. The van der Waals surface area contributed by atoms with E-state index < -0.39 is 57.3 Å². The van der Waals surface area contributed by atoms with Crippen LogP contribution >= 0.6 is 0 Å². The zero-order valence-corrected chi connectivity index (χ0v) is 16.5. The number of ketones is 1. The van der Waals surface area contributed by atoms with E-state index in [1.54, 1.807) is 0 Å². The first-order chi connectivity index (χ1) is 14.2. The van der Waals surface area contributed by atoms with Gasteiger partial charge in [0.05, 0.1) is 28.2 Å². The monoisotopic (exact) mass is 420 g/mol. The van der Waals surface area contributed by atoms with E-state index >= 15 is 0 Å². The zero-order valence-electron chi connectivity index (χ0n) is 16.5. The number of halogens is 4. The molecule has 0 amide bonds. The predicted octanol–water partition coefficient (Wildman–Crippen LogP) is 5.79. The Balaban J connectivity index is 2.05. The smallest absolute Gasteiger partial charge is 0.149 e. The van der Waals surface area contributed by atoms with Crippen LogP contribution in [0.15, 0.2) is 41.7 Å². The summed E-state index contributed by atoms with van der Waals surface area (Å²) in [5.74, 6) is -4.20.